The molecule has 0 saturated carbocycles. The summed E-state index contributed by atoms with van der Waals surface area (Å²) < 4.78 is 13.0. The minimum Gasteiger partial charge on any atom is -0.409 e. The van der Waals surface area contributed by atoms with E-state index in [0.29, 0.717) is 6.42 Å². The molecule has 1 aromatic rings. The molecular weight excluding hydrogens is 273 g/mol. The summed E-state index contributed by atoms with van der Waals surface area (Å²) in [5, 5.41) is 13.9. The lowest BCUT2D eigenvalue weighted by Gasteiger charge is -2.16. The van der Waals surface area contributed by atoms with Crippen LogP contribution in [-0.2, 0) is 0 Å². The molecule has 1 aromatic carbocycles. The van der Waals surface area contributed by atoms with E-state index in [1.807, 2.05) is 6.92 Å². The normalized spacial score (nSPS) is 13.1. The fourth-order valence-electron chi connectivity index (χ4n) is 1.50. The molecule has 1 atom stereocenters. The average Bonchev–Trinajstić information content (AvgIpc) is 2.40. The van der Waals surface area contributed by atoms with Gasteiger partial charge < -0.3 is 16.3 Å². The van der Waals surface area contributed by atoms with Gasteiger partial charge in [0.05, 0.1) is 5.02 Å². The summed E-state index contributed by atoms with van der Waals surface area (Å²) in [6.07, 6.45) is 0.838. The Kier molecular flexibility index (Phi) is 5.57. The van der Waals surface area contributed by atoms with Crippen LogP contribution in [0, 0.1) is 5.82 Å². The molecule has 1 unspecified atom stereocenters. The van der Waals surface area contributed by atoms with Gasteiger partial charge in [-0.25, -0.2) is 4.39 Å². The number of nitrogens with two attached hydrogens (primary N) is 1. The molecule has 1 rings (SSSR count). The summed E-state index contributed by atoms with van der Waals surface area (Å²) in [4.78, 5) is 11.9. The van der Waals surface area contributed by atoms with E-state index >= 15 is 0 Å². The van der Waals surface area contributed by atoms with Gasteiger partial charge in [-0.05, 0) is 24.6 Å². The Labute approximate surface area is 115 Å². The van der Waals surface area contributed by atoms with E-state index in [2.05, 4.69) is 10.5 Å². The monoisotopic (exact) mass is 287 g/mol. The number of halogens is 2. The molecule has 104 valence electrons. The second-order valence-electron chi connectivity index (χ2n) is 4.00. The molecule has 0 heterocycles. The summed E-state index contributed by atoms with van der Waals surface area (Å²) in [5.74, 6) is -0.939. The minimum absolute atomic E-state index is 0.0317. The van der Waals surface area contributed by atoms with Crippen LogP contribution in [0.1, 0.15) is 30.1 Å². The number of carbonyl (C=O) groups is 1. The zero-order valence-corrected chi connectivity index (χ0v) is 11.1. The van der Waals surface area contributed by atoms with E-state index in [4.69, 9.17) is 22.5 Å². The highest BCUT2D eigenvalue weighted by molar-refractivity contribution is 6.31. The molecule has 0 aliphatic carbocycles. The van der Waals surface area contributed by atoms with Crippen molar-refractivity contribution in [3.8, 4) is 0 Å². The number of hydrogen-bond donors (Lipinski definition) is 3. The lowest BCUT2D eigenvalue weighted by Crippen LogP contribution is -2.37. The maximum Gasteiger partial charge on any atom is 0.251 e. The van der Waals surface area contributed by atoms with Crippen molar-refractivity contribution in [1.29, 1.82) is 0 Å². The number of benzene rings is 1. The predicted octanol–water partition coefficient (Wildman–Crippen LogP) is 2.12. The fourth-order valence-corrected chi connectivity index (χ4v) is 1.68. The highest BCUT2D eigenvalue weighted by atomic mass is 35.5. The Morgan fingerprint density at radius 2 is 2.32 bits per heavy atom. The topological polar surface area (TPSA) is 87.7 Å². The average molecular weight is 288 g/mol. The number of nitrogens with zero attached hydrogens (tertiary/aromatic N) is 1. The van der Waals surface area contributed by atoms with Crippen molar-refractivity contribution in [3.05, 3.63) is 34.6 Å². The van der Waals surface area contributed by atoms with E-state index in [1.54, 1.807) is 0 Å². The second-order valence-corrected chi connectivity index (χ2v) is 4.41. The van der Waals surface area contributed by atoms with Crippen LogP contribution in [0.2, 0.25) is 5.02 Å². The molecule has 0 spiro atoms. The van der Waals surface area contributed by atoms with Crippen LogP contribution < -0.4 is 11.1 Å². The lowest BCUT2D eigenvalue weighted by atomic mass is 10.1. The van der Waals surface area contributed by atoms with Crippen molar-refractivity contribution in [3.63, 3.8) is 0 Å². The van der Waals surface area contributed by atoms with Gasteiger partial charge in [-0.3, -0.25) is 4.79 Å². The molecule has 0 aromatic heterocycles. The number of amides is 1. The van der Waals surface area contributed by atoms with E-state index in [9.17, 15) is 9.18 Å². The van der Waals surface area contributed by atoms with Gasteiger partial charge in [0.25, 0.3) is 5.91 Å². The summed E-state index contributed by atoms with van der Waals surface area (Å²) in [6.45, 7) is 1.85. The molecule has 0 bridgehead atoms. The first-order valence-electron chi connectivity index (χ1n) is 5.70. The molecule has 0 radical (unpaired) electrons. The quantitative estimate of drug-likeness (QED) is 0.335. The van der Waals surface area contributed by atoms with Crippen LogP contribution >= 0.6 is 11.6 Å². The first-order valence-corrected chi connectivity index (χ1v) is 6.08. The maximum atomic E-state index is 13.0. The molecule has 0 fully saturated rings. The summed E-state index contributed by atoms with van der Waals surface area (Å²) >= 11 is 5.61. The standard InChI is InChI=1S/C12H15ClFN3O2/c1-2-8(6-11(15)17-19)16-12(18)7-3-4-10(14)9(13)5-7/h3-5,8,19H,2,6H2,1H3,(H2,15,17)(H,16,18). The maximum absolute atomic E-state index is 13.0. The number of amidine groups is 1. The molecule has 0 saturated heterocycles. The summed E-state index contributed by atoms with van der Waals surface area (Å²) in [6, 6.07) is 3.45. The van der Waals surface area contributed by atoms with Gasteiger partial charge in [0.15, 0.2) is 0 Å². The van der Waals surface area contributed by atoms with Crippen molar-refractivity contribution in [2.75, 3.05) is 0 Å². The van der Waals surface area contributed by atoms with Crippen LogP contribution in [0.15, 0.2) is 23.4 Å². The molecule has 0 aliphatic heterocycles. The van der Waals surface area contributed by atoms with E-state index in [0.717, 1.165) is 6.07 Å². The van der Waals surface area contributed by atoms with Gasteiger partial charge in [0, 0.05) is 18.0 Å². The molecule has 0 aliphatic rings. The van der Waals surface area contributed by atoms with Gasteiger partial charge in [-0.15, -0.1) is 0 Å². The van der Waals surface area contributed by atoms with Crippen molar-refractivity contribution >= 4 is 23.3 Å². The van der Waals surface area contributed by atoms with E-state index in [-0.39, 0.29) is 34.8 Å². The van der Waals surface area contributed by atoms with Crippen LogP contribution in [0.25, 0.3) is 0 Å². The lowest BCUT2D eigenvalue weighted by molar-refractivity contribution is 0.0937. The molecule has 7 heteroatoms. The van der Waals surface area contributed by atoms with Gasteiger partial charge in [-0.2, -0.15) is 0 Å². The Hall–Kier alpha value is -1.82. The first-order chi connectivity index (χ1) is 8.97. The smallest absolute Gasteiger partial charge is 0.251 e. The zero-order valence-electron chi connectivity index (χ0n) is 10.4. The Morgan fingerprint density at radius 1 is 1.63 bits per heavy atom. The molecule has 5 nitrogen and oxygen atoms in total. The molecule has 19 heavy (non-hydrogen) atoms. The van der Waals surface area contributed by atoms with Crippen molar-refractivity contribution < 1.29 is 14.4 Å². The Balaban J connectivity index is 2.74. The predicted molar refractivity (Wildman–Crippen MR) is 71.0 cm³/mol. The van der Waals surface area contributed by atoms with Crippen LogP contribution in [0.4, 0.5) is 4.39 Å². The second kappa shape index (κ2) is 6.94. The summed E-state index contributed by atoms with van der Waals surface area (Å²) in [7, 11) is 0. The summed E-state index contributed by atoms with van der Waals surface area (Å²) in [5.41, 5.74) is 5.64. The van der Waals surface area contributed by atoms with E-state index < -0.39 is 5.82 Å². The highest BCUT2D eigenvalue weighted by Gasteiger charge is 2.15. The number of nitrogens with one attached hydrogen (secondary N) is 1. The first kappa shape index (κ1) is 15.2. The fraction of sp³-hybridized carbons (Fsp3) is 0.333. The van der Waals surface area contributed by atoms with Crippen LogP contribution in [0.3, 0.4) is 0 Å². The number of oxime groups is 1. The SMILES string of the molecule is CCC(C/C(N)=N/O)NC(=O)c1ccc(F)c(Cl)c1. The van der Waals surface area contributed by atoms with Crippen molar-refractivity contribution in [2.45, 2.75) is 25.8 Å². The van der Waals surface area contributed by atoms with Gasteiger partial charge >= 0.3 is 0 Å². The van der Waals surface area contributed by atoms with Crippen molar-refractivity contribution in [1.82, 2.24) is 5.32 Å². The molecule has 4 N–H and O–H groups in total. The minimum atomic E-state index is -0.582. The van der Waals surface area contributed by atoms with Gasteiger partial charge in [0.1, 0.15) is 11.7 Å². The largest absolute Gasteiger partial charge is 0.409 e. The molecular formula is C12H15ClFN3O2. The number of hydrogen-bond acceptors (Lipinski definition) is 3. The number of carbonyl (C=O) groups excluding carboxylic acids is 1. The van der Waals surface area contributed by atoms with E-state index in [1.165, 1.54) is 12.1 Å². The number of rotatable bonds is 5. The van der Waals surface area contributed by atoms with Crippen LogP contribution in [0.5, 0.6) is 0 Å². The zero-order chi connectivity index (χ0) is 14.4. The highest BCUT2D eigenvalue weighted by Crippen LogP contribution is 2.16. The van der Waals surface area contributed by atoms with Crippen LogP contribution in [-0.4, -0.2) is 23.0 Å². The third kappa shape index (κ3) is 4.40. The van der Waals surface area contributed by atoms with Crippen molar-refractivity contribution in [2.24, 2.45) is 10.9 Å². The Bertz CT molecular complexity index is 494. The third-order valence-electron chi connectivity index (χ3n) is 2.59. The third-order valence-corrected chi connectivity index (χ3v) is 2.88. The van der Waals surface area contributed by atoms with Gasteiger partial charge in [0.2, 0.25) is 0 Å². The molecule has 1 amide bonds. The Morgan fingerprint density at radius 3 is 2.84 bits per heavy atom. The van der Waals surface area contributed by atoms with Gasteiger partial charge in [-0.1, -0.05) is 23.7 Å².